The second-order valence-electron chi connectivity index (χ2n) is 5.44. The fourth-order valence-corrected chi connectivity index (χ4v) is 2.23. The predicted octanol–water partition coefficient (Wildman–Crippen LogP) is 4.36. The topological polar surface area (TPSA) is 26.0 Å². The van der Waals surface area contributed by atoms with Gasteiger partial charge in [0.15, 0.2) is 0 Å². The van der Waals surface area contributed by atoms with Gasteiger partial charge in [-0.1, -0.05) is 59.8 Å². The predicted molar refractivity (Wildman–Crippen MR) is 70.0 cm³/mol. The summed E-state index contributed by atoms with van der Waals surface area (Å²) < 4.78 is 0. The Kier molecular flexibility index (Phi) is 7.25. The Balaban J connectivity index is 4.13. The molecule has 2 N–H and O–H groups in total. The average molecular weight is 213 g/mol. The minimum Gasteiger partial charge on any atom is -0.325 e. The van der Waals surface area contributed by atoms with Crippen LogP contribution in [0.15, 0.2) is 0 Å². The summed E-state index contributed by atoms with van der Waals surface area (Å²) in [4.78, 5) is 0. The molecular formula is C14H31N. The van der Waals surface area contributed by atoms with E-state index < -0.39 is 0 Å². The van der Waals surface area contributed by atoms with Crippen LogP contribution in [-0.4, -0.2) is 5.54 Å². The third-order valence-corrected chi connectivity index (χ3v) is 4.01. The summed E-state index contributed by atoms with van der Waals surface area (Å²) in [6.07, 6.45) is 7.69. The van der Waals surface area contributed by atoms with Crippen molar-refractivity contribution < 1.29 is 0 Å². The van der Waals surface area contributed by atoms with Crippen LogP contribution >= 0.6 is 0 Å². The third-order valence-electron chi connectivity index (χ3n) is 4.01. The fraction of sp³-hybridized carbons (Fsp3) is 1.00. The van der Waals surface area contributed by atoms with Gasteiger partial charge in [0.05, 0.1) is 0 Å². The highest BCUT2D eigenvalue weighted by molar-refractivity contribution is 4.86. The number of hydrogen-bond acceptors (Lipinski definition) is 1. The minimum atomic E-state index is 0.0309. The standard InChI is InChI=1S/C14H31N/c1-6-9-10-13(8-3)11-14(5,15)12(4)7-2/h12-13H,6-11,15H2,1-5H3. The number of unbranched alkanes of at least 4 members (excludes halogenated alkanes) is 1. The molecule has 3 unspecified atom stereocenters. The van der Waals surface area contributed by atoms with E-state index in [1.807, 2.05) is 0 Å². The first-order valence-electron chi connectivity index (χ1n) is 6.76. The normalized spacial score (nSPS) is 19.6. The molecule has 0 aromatic heterocycles. The Morgan fingerprint density at radius 2 is 1.73 bits per heavy atom. The maximum atomic E-state index is 6.42. The van der Waals surface area contributed by atoms with Crippen LogP contribution in [0.1, 0.15) is 73.1 Å². The van der Waals surface area contributed by atoms with Crippen LogP contribution in [0.25, 0.3) is 0 Å². The zero-order valence-corrected chi connectivity index (χ0v) is 11.5. The lowest BCUT2D eigenvalue weighted by Gasteiger charge is -2.34. The van der Waals surface area contributed by atoms with Crippen LogP contribution in [0.4, 0.5) is 0 Å². The van der Waals surface area contributed by atoms with Crippen molar-refractivity contribution in [3.63, 3.8) is 0 Å². The lowest BCUT2D eigenvalue weighted by atomic mass is 9.77. The molecule has 0 spiro atoms. The molecule has 0 bridgehead atoms. The molecule has 0 saturated heterocycles. The molecule has 3 atom stereocenters. The van der Waals surface area contributed by atoms with E-state index in [2.05, 4.69) is 34.6 Å². The zero-order chi connectivity index (χ0) is 11.9. The van der Waals surface area contributed by atoms with E-state index in [-0.39, 0.29) is 5.54 Å². The summed E-state index contributed by atoms with van der Waals surface area (Å²) in [6.45, 7) is 11.3. The lowest BCUT2D eigenvalue weighted by molar-refractivity contribution is 0.231. The largest absolute Gasteiger partial charge is 0.325 e. The molecule has 0 aromatic rings. The third kappa shape index (κ3) is 5.55. The number of nitrogens with two attached hydrogens (primary N) is 1. The molecule has 0 aliphatic rings. The molecule has 1 nitrogen and oxygen atoms in total. The van der Waals surface area contributed by atoms with Crippen molar-refractivity contribution in [2.24, 2.45) is 17.6 Å². The molecule has 0 radical (unpaired) electrons. The molecular weight excluding hydrogens is 182 g/mol. The highest BCUT2D eigenvalue weighted by atomic mass is 14.7. The van der Waals surface area contributed by atoms with Crippen molar-refractivity contribution in [1.29, 1.82) is 0 Å². The summed E-state index contributed by atoms with van der Waals surface area (Å²) in [6, 6.07) is 0. The van der Waals surface area contributed by atoms with Gasteiger partial charge in [-0.25, -0.2) is 0 Å². The lowest BCUT2D eigenvalue weighted by Crippen LogP contribution is -2.44. The Morgan fingerprint density at radius 3 is 2.13 bits per heavy atom. The first-order chi connectivity index (χ1) is 6.97. The molecule has 92 valence electrons. The average Bonchev–Trinajstić information content (AvgIpc) is 2.22. The second kappa shape index (κ2) is 7.27. The van der Waals surface area contributed by atoms with Gasteiger partial charge in [0.1, 0.15) is 0 Å². The van der Waals surface area contributed by atoms with E-state index in [0.717, 1.165) is 5.92 Å². The first-order valence-corrected chi connectivity index (χ1v) is 6.76. The molecule has 0 aliphatic carbocycles. The molecule has 0 heterocycles. The molecule has 0 aliphatic heterocycles. The van der Waals surface area contributed by atoms with Crippen LogP contribution in [0, 0.1) is 11.8 Å². The zero-order valence-electron chi connectivity index (χ0n) is 11.5. The highest BCUT2D eigenvalue weighted by Crippen LogP contribution is 2.29. The summed E-state index contributed by atoms with van der Waals surface area (Å²) in [7, 11) is 0. The van der Waals surface area contributed by atoms with E-state index in [9.17, 15) is 0 Å². The Bertz CT molecular complexity index is 151. The van der Waals surface area contributed by atoms with Gasteiger partial charge in [-0.3, -0.25) is 0 Å². The van der Waals surface area contributed by atoms with E-state index in [1.54, 1.807) is 0 Å². The van der Waals surface area contributed by atoms with E-state index >= 15 is 0 Å². The maximum Gasteiger partial charge on any atom is 0.0154 e. The van der Waals surface area contributed by atoms with Crippen LogP contribution in [0.2, 0.25) is 0 Å². The first kappa shape index (κ1) is 15.0. The van der Waals surface area contributed by atoms with E-state index in [4.69, 9.17) is 5.73 Å². The summed E-state index contributed by atoms with van der Waals surface area (Å²) in [5.74, 6) is 1.46. The summed E-state index contributed by atoms with van der Waals surface area (Å²) in [5, 5.41) is 0. The van der Waals surface area contributed by atoms with Gasteiger partial charge in [-0.2, -0.15) is 0 Å². The van der Waals surface area contributed by atoms with Crippen molar-refractivity contribution in [2.45, 2.75) is 78.7 Å². The van der Waals surface area contributed by atoms with Gasteiger partial charge in [-0.15, -0.1) is 0 Å². The quantitative estimate of drug-likeness (QED) is 0.637. The maximum absolute atomic E-state index is 6.42. The smallest absolute Gasteiger partial charge is 0.0154 e. The van der Waals surface area contributed by atoms with Crippen LogP contribution in [0.5, 0.6) is 0 Å². The van der Waals surface area contributed by atoms with Crippen LogP contribution in [0.3, 0.4) is 0 Å². The Hall–Kier alpha value is -0.0400. The van der Waals surface area contributed by atoms with Crippen molar-refractivity contribution in [1.82, 2.24) is 0 Å². The number of rotatable bonds is 8. The van der Waals surface area contributed by atoms with Gasteiger partial charge in [0.25, 0.3) is 0 Å². The SMILES string of the molecule is CCCCC(CC)CC(C)(N)C(C)CC. The second-order valence-corrected chi connectivity index (χ2v) is 5.44. The molecule has 0 fully saturated rings. The van der Waals surface area contributed by atoms with Gasteiger partial charge >= 0.3 is 0 Å². The Morgan fingerprint density at radius 1 is 1.13 bits per heavy atom. The highest BCUT2D eigenvalue weighted by Gasteiger charge is 2.27. The summed E-state index contributed by atoms with van der Waals surface area (Å²) in [5.41, 5.74) is 6.45. The van der Waals surface area contributed by atoms with Gasteiger partial charge in [0, 0.05) is 5.54 Å². The van der Waals surface area contributed by atoms with Gasteiger partial charge in [-0.05, 0) is 25.2 Å². The van der Waals surface area contributed by atoms with E-state index in [1.165, 1.54) is 38.5 Å². The molecule has 0 rings (SSSR count). The Labute approximate surface area is 96.8 Å². The molecule has 0 amide bonds. The number of hydrogen-bond donors (Lipinski definition) is 1. The van der Waals surface area contributed by atoms with Gasteiger partial charge in [0.2, 0.25) is 0 Å². The fourth-order valence-electron chi connectivity index (χ4n) is 2.23. The van der Waals surface area contributed by atoms with Crippen molar-refractivity contribution >= 4 is 0 Å². The molecule has 15 heavy (non-hydrogen) atoms. The monoisotopic (exact) mass is 213 g/mol. The van der Waals surface area contributed by atoms with Gasteiger partial charge < -0.3 is 5.73 Å². The minimum absolute atomic E-state index is 0.0309. The van der Waals surface area contributed by atoms with E-state index in [0.29, 0.717) is 5.92 Å². The van der Waals surface area contributed by atoms with Crippen LogP contribution < -0.4 is 5.73 Å². The van der Waals surface area contributed by atoms with Crippen LogP contribution in [-0.2, 0) is 0 Å². The van der Waals surface area contributed by atoms with Crippen molar-refractivity contribution in [3.05, 3.63) is 0 Å². The molecule has 1 heteroatoms. The van der Waals surface area contributed by atoms with Crippen molar-refractivity contribution in [2.75, 3.05) is 0 Å². The molecule has 0 saturated carbocycles. The van der Waals surface area contributed by atoms with Crippen molar-refractivity contribution in [3.8, 4) is 0 Å². The molecule has 0 aromatic carbocycles. The summed E-state index contributed by atoms with van der Waals surface area (Å²) >= 11 is 0.